The third-order valence-corrected chi connectivity index (χ3v) is 1.99. The van der Waals surface area contributed by atoms with Crippen molar-refractivity contribution in [2.45, 2.75) is 39.3 Å². The van der Waals surface area contributed by atoms with E-state index >= 15 is 0 Å². The van der Waals surface area contributed by atoms with Gasteiger partial charge in [-0.1, -0.05) is 20.8 Å². The zero-order chi connectivity index (χ0) is 7.78. The van der Waals surface area contributed by atoms with Gasteiger partial charge in [-0.3, -0.25) is 0 Å². The molecule has 10 heavy (non-hydrogen) atoms. The van der Waals surface area contributed by atoms with Crippen molar-refractivity contribution in [1.29, 1.82) is 0 Å². The second kappa shape index (κ2) is 2.51. The van der Waals surface area contributed by atoms with Crippen LogP contribution in [0.4, 0.5) is 0 Å². The van der Waals surface area contributed by atoms with Gasteiger partial charge in [0.1, 0.15) is 0 Å². The van der Waals surface area contributed by atoms with Crippen LogP contribution in [-0.2, 0) is 4.74 Å². The maximum absolute atomic E-state index is 5.70. The highest BCUT2D eigenvalue weighted by Crippen LogP contribution is 2.29. The highest BCUT2D eigenvalue weighted by atomic mass is 16.5. The standard InChI is InChI=1S/C8H17NO/c1-8(2,3)7-4-6(9)5-10-7/h6-7H,4-5,9H2,1-3H3/t6-,7-/m0/s1. The van der Waals surface area contributed by atoms with Gasteiger partial charge in [-0.2, -0.15) is 0 Å². The number of ether oxygens (including phenoxy) is 1. The quantitative estimate of drug-likeness (QED) is 0.552. The SMILES string of the molecule is CC(C)(C)[C@@H]1C[C@H](N)CO1. The Morgan fingerprint density at radius 3 is 2.20 bits per heavy atom. The molecule has 2 nitrogen and oxygen atoms in total. The molecule has 0 spiro atoms. The molecule has 2 atom stereocenters. The van der Waals surface area contributed by atoms with Gasteiger partial charge < -0.3 is 10.5 Å². The maximum Gasteiger partial charge on any atom is 0.0639 e. The number of nitrogens with two attached hydrogens (primary N) is 1. The van der Waals surface area contributed by atoms with Gasteiger partial charge >= 0.3 is 0 Å². The van der Waals surface area contributed by atoms with Crippen LogP contribution >= 0.6 is 0 Å². The van der Waals surface area contributed by atoms with Crippen molar-refractivity contribution < 1.29 is 4.74 Å². The van der Waals surface area contributed by atoms with Crippen molar-refractivity contribution in [3.8, 4) is 0 Å². The molecule has 0 aromatic heterocycles. The molecule has 0 bridgehead atoms. The van der Waals surface area contributed by atoms with E-state index in [1.54, 1.807) is 0 Å². The first-order valence-electron chi connectivity index (χ1n) is 3.87. The lowest BCUT2D eigenvalue weighted by Gasteiger charge is -2.25. The lowest BCUT2D eigenvalue weighted by molar-refractivity contribution is 0.0286. The molecule has 0 unspecified atom stereocenters. The van der Waals surface area contributed by atoms with E-state index in [0.29, 0.717) is 6.10 Å². The minimum atomic E-state index is 0.258. The minimum Gasteiger partial charge on any atom is -0.376 e. The summed E-state index contributed by atoms with van der Waals surface area (Å²) >= 11 is 0. The third kappa shape index (κ3) is 1.70. The molecule has 1 fully saturated rings. The van der Waals surface area contributed by atoms with E-state index in [4.69, 9.17) is 10.5 Å². The summed E-state index contributed by atoms with van der Waals surface area (Å²) in [7, 11) is 0. The fraction of sp³-hybridized carbons (Fsp3) is 1.00. The lowest BCUT2D eigenvalue weighted by atomic mass is 9.87. The molecule has 1 saturated heterocycles. The summed E-state index contributed by atoms with van der Waals surface area (Å²) in [6.07, 6.45) is 1.38. The summed E-state index contributed by atoms with van der Waals surface area (Å²) in [4.78, 5) is 0. The van der Waals surface area contributed by atoms with Crippen molar-refractivity contribution in [2.24, 2.45) is 11.1 Å². The van der Waals surface area contributed by atoms with E-state index < -0.39 is 0 Å². The van der Waals surface area contributed by atoms with Crippen LogP contribution in [-0.4, -0.2) is 18.8 Å². The molecular weight excluding hydrogens is 126 g/mol. The number of rotatable bonds is 0. The average molecular weight is 143 g/mol. The van der Waals surface area contributed by atoms with E-state index in [9.17, 15) is 0 Å². The van der Waals surface area contributed by atoms with Crippen LogP contribution < -0.4 is 5.73 Å². The van der Waals surface area contributed by atoms with Crippen LogP contribution in [0, 0.1) is 5.41 Å². The first-order valence-corrected chi connectivity index (χ1v) is 3.87. The molecule has 2 N–H and O–H groups in total. The molecule has 0 amide bonds. The first-order chi connectivity index (χ1) is 4.50. The molecule has 1 rings (SSSR count). The van der Waals surface area contributed by atoms with E-state index in [1.165, 1.54) is 0 Å². The Kier molecular flexibility index (Phi) is 2.02. The normalized spacial score (nSPS) is 34.8. The summed E-state index contributed by atoms with van der Waals surface area (Å²) in [5.41, 5.74) is 5.95. The zero-order valence-corrected chi connectivity index (χ0v) is 7.05. The third-order valence-electron chi connectivity index (χ3n) is 1.99. The fourth-order valence-electron chi connectivity index (χ4n) is 1.25. The minimum absolute atomic E-state index is 0.258. The second-order valence-corrected chi connectivity index (χ2v) is 4.18. The van der Waals surface area contributed by atoms with Gasteiger partial charge in [-0.05, 0) is 11.8 Å². The Morgan fingerprint density at radius 1 is 1.40 bits per heavy atom. The molecule has 0 saturated carbocycles. The lowest BCUT2D eigenvalue weighted by Crippen LogP contribution is -2.26. The molecule has 0 aromatic rings. The second-order valence-electron chi connectivity index (χ2n) is 4.18. The van der Waals surface area contributed by atoms with Crippen LogP contribution in [0.15, 0.2) is 0 Å². The fourth-order valence-corrected chi connectivity index (χ4v) is 1.25. The summed E-state index contributed by atoms with van der Waals surface area (Å²) in [6.45, 7) is 7.31. The van der Waals surface area contributed by atoms with E-state index in [0.717, 1.165) is 13.0 Å². The Hall–Kier alpha value is -0.0800. The largest absolute Gasteiger partial charge is 0.376 e. The zero-order valence-electron chi connectivity index (χ0n) is 7.05. The number of hydrogen-bond acceptors (Lipinski definition) is 2. The van der Waals surface area contributed by atoms with Crippen LogP contribution in [0.3, 0.4) is 0 Å². The highest BCUT2D eigenvalue weighted by molar-refractivity contribution is 4.83. The predicted molar refractivity (Wildman–Crippen MR) is 41.8 cm³/mol. The van der Waals surface area contributed by atoms with E-state index in [1.807, 2.05) is 0 Å². The van der Waals surface area contributed by atoms with Gasteiger partial charge in [0.25, 0.3) is 0 Å². The molecule has 1 aliphatic rings. The molecule has 60 valence electrons. The van der Waals surface area contributed by atoms with Gasteiger partial charge in [0.2, 0.25) is 0 Å². The first kappa shape index (κ1) is 8.02. The summed E-state index contributed by atoms with van der Waals surface area (Å²) < 4.78 is 5.50. The molecule has 0 radical (unpaired) electrons. The van der Waals surface area contributed by atoms with Crippen molar-refractivity contribution in [2.75, 3.05) is 6.61 Å². The summed E-state index contributed by atoms with van der Waals surface area (Å²) in [5.74, 6) is 0. The van der Waals surface area contributed by atoms with Crippen molar-refractivity contribution in [1.82, 2.24) is 0 Å². The van der Waals surface area contributed by atoms with Gasteiger partial charge in [0.05, 0.1) is 12.7 Å². The van der Waals surface area contributed by atoms with Gasteiger partial charge in [0.15, 0.2) is 0 Å². The Morgan fingerprint density at radius 2 is 2.00 bits per heavy atom. The summed E-state index contributed by atoms with van der Waals surface area (Å²) in [5, 5.41) is 0. The van der Waals surface area contributed by atoms with E-state index in [2.05, 4.69) is 20.8 Å². The van der Waals surface area contributed by atoms with Crippen LogP contribution in [0.5, 0.6) is 0 Å². The van der Waals surface area contributed by atoms with Crippen molar-refractivity contribution >= 4 is 0 Å². The van der Waals surface area contributed by atoms with Crippen molar-refractivity contribution in [3.05, 3.63) is 0 Å². The molecule has 1 aliphatic heterocycles. The predicted octanol–water partition coefficient (Wildman–Crippen LogP) is 1.15. The summed E-state index contributed by atoms with van der Waals surface area (Å²) in [6, 6.07) is 0.268. The molecular formula is C8H17NO. The van der Waals surface area contributed by atoms with Gasteiger partial charge in [0, 0.05) is 6.04 Å². The highest BCUT2D eigenvalue weighted by Gasteiger charge is 2.32. The Bertz CT molecular complexity index is 117. The van der Waals surface area contributed by atoms with Gasteiger partial charge in [-0.15, -0.1) is 0 Å². The van der Waals surface area contributed by atoms with Crippen LogP contribution in [0.25, 0.3) is 0 Å². The van der Waals surface area contributed by atoms with Crippen LogP contribution in [0.2, 0.25) is 0 Å². The van der Waals surface area contributed by atoms with Gasteiger partial charge in [-0.25, -0.2) is 0 Å². The molecule has 2 heteroatoms. The topological polar surface area (TPSA) is 35.2 Å². The number of hydrogen-bond donors (Lipinski definition) is 1. The van der Waals surface area contributed by atoms with Crippen LogP contribution in [0.1, 0.15) is 27.2 Å². The Labute approximate surface area is 62.7 Å². The van der Waals surface area contributed by atoms with Crippen molar-refractivity contribution in [3.63, 3.8) is 0 Å². The maximum atomic E-state index is 5.70. The molecule has 0 aromatic carbocycles. The molecule has 0 aliphatic carbocycles. The Balaban J connectivity index is 2.45. The average Bonchev–Trinajstić information content (AvgIpc) is 2.11. The smallest absolute Gasteiger partial charge is 0.0639 e. The van der Waals surface area contributed by atoms with E-state index in [-0.39, 0.29) is 11.5 Å². The monoisotopic (exact) mass is 143 g/mol. The molecule has 1 heterocycles.